The van der Waals surface area contributed by atoms with Crippen LogP contribution in [0.25, 0.3) is 0 Å². The average Bonchev–Trinajstić information content (AvgIpc) is 3.08. The molecule has 1 aromatic rings. The summed E-state index contributed by atoms with van der Waals surface area (Å²) in [5.74, 6) is 1.17. The molecule has 1 atom stereocenters. The molecule has 0 radical (unpaired) electrons. The molecule has 0 amide bonds. The molecule has 0 saturated carbocycles. The van der Waals surface area contributed by atoms with E-state index in [1.54, 1.807) is 0 Å². The van der Waals surface area contributed by atoms with Crippen LogP contribution < -0.4 is 4.90 Å². The maximum atomic E-state index is 4.75. The normalized spacial score (nSPS) is 23.7. The summed E-state index contributed by atoms with van der Waals surface area (Å²) in [6.45, 7) is 7.15. The average molecular weight is 287 g/mol. The Morgan fingerprint density at radius 2 is 1.90 bits per heavy atom. The Hall–Kier alpha value is -1.09. The first-order valence-electron chi connectivity index (χ1n) is 8.83. The highest BCUT2D eigenvalue weighted by Gasteiger charge is 2.24. The second kappa shape index (κ2) is 7.26. The van der Waals surface area contributed by atoms with Crippen LogP contribution in [-0.2, 0) is 0 Å². The minimum Gasteiger partial charge on any atom is -0.357 e. The topological polar surface area (TPSA) is 19.4 Å². The van der Waals surface area contributed by atoms with Crippen molar-refractivity contribution in [3.05, 3.63) is 23.9 Å². The molecule has 3 nitrogen and oxygen atoms in total. The predicted molar refractivity (Wildman–Crippen MR) is 88.8 cm³/mol. The molecule has 116 valence electrons. The summed E-state index contributed by atoms with van der Waals surface area (Å²) in [6, 6.07) is 5.17. The van der Waals surface area contributed by atoms with E-state index < -0.39 is 0 Å². The zero-order chi connectivity index (χ0) is 14.5. The summed E-state index contributed by atoms with van der Waals surface area (Å²) in [7, 11) is 0. The maximum absolute atomic E-state index is 4.75. The van der Waals surface area contributed by atoms with Gasteiger partial charge in [0, 0.05) is 25.3 Å². The molecule has 0 unspecified atom stereocenters. The van der Waals surface area contributed by atoms with Gasteiger partial charge in [-0.1, -0.05) is 25.8 Å². The third-order valence-electron chi connectivity index (χ3n) is 5.00. The first kappa shape index (κ1) is 14.8. The smallest absolute Gasteiger partial charge is 0.128 e. The molecular formula is C18H29N3. The van der Waals surface area contributed by atoms with E-state index in [0.29, 0.717) is 6.04 Å². The second-order valence-corrected chi connectivity index (χ2v) is 6.54. The molecule has 2 fully saturated rings. The van der Waals surface area contributed by atoms with Crippen LogP contribution >= 0.6 is 0 Å². The highest BCUT2D eigenvalue weighted by atomic mass is 15.2. The lowest BCUT2D eigenvalue weighted by Gasteiger charge is -2.36. The Balaban J connectivity index is 1.68. The highest BCUT2D eigenvalue weighted by molar-refractivity contribution is 5.40. The van der Waals surface area contributed by atoms with Crippen LogP contribution in [0.15, 0.2) is 18.3 Å². The van der Waals surface area contributed by atoms with Gasteiger partial charge in [0.05, 0.1) is 0 Å². The van der Waals surface area contributed by atoms with Crippen molar-refractivity contribution < 1.29 is 0 Å². The van der Waals surface area contributed by atoms with E-state index in [2.05, 4.69) is 35.1 Å². The Labute approximate surface area is 129 Å². The molecule has 1 aromatic heterocycles. The molecule has 2 aliphatic rings. The molecule has 3 heteroatoms. The minimum atomic E-state index is 0.602. The standard InChI is InChI=1S/C18H29N3/c1-2-3-11-20-12-5-4-8-17(20)16-9-10-18(19-15-16)21-13-6-7-14-21/h9-10,15,17H,2-8,11-14H2,1H3/t17-/m0/s1. The molecular weight excluding hydrogens is 258 g/mol. The van der Waals surface area contributed by atoms with E-state index in [0.717, 1.165) is 0 Å². The van der Waals surface area contributed by atoms with Crippen LogP contribution in [0.3, 0.4) is 0 Å². The number of pyridine rings is 1. The van der Waals surface area contributed by atoms with Crippen LogP contribution in [0, 0.1) is 0 Å². The summed E-state index contributed by atoms with van der Waals surface area (Å²) in [4.78, 5) is 9.85. The number of likely N-dealkylation sites (tertiary alicyclic amines) is 1. The number of piperidine rings is 1. The van der Waals surface area contributed by atoms with E-state index >= 15 is 0 Å². The molecule has 2 saturated heterocycles. The van der Waals surface area contributed by atoms with E-state index in [1.165, 1.54) is 82.5 Å². The summed E-state index contributed by atoms with van der Waals surface area (Å²) in [5.41, 5.74) is 1.42. The monoisotopic (exact) mass is 287 g/mol. The van der Waals surface area contributed by atoms with Crippen LogP contribution in [0.4, 0.5) is 5.82 Å². The molecule has 0 spiro atoms. The second-order valence-electron chi connectivity index (χ2n) is 6.54. The van der Waals surface area contributed by atoms with Crippen molar-refractivity contribution in [3.8, 4) is 0 Å². The summed E-state index contributed by atoms with van der Waals surface area (Å²) < 4.78 is 0. The SMILES string of the molecule is CCCCN1CCCC[C@H]1c1ccc(N2CCCC2)nc1. The molecule has 0 aliphatic carbocycles. The first-order valence-corrected chi connectivity index (χ1v) is 8.83. The van der Waals surface area contributed by atoms with Gasteiger partial charge in [-0.05, 0) is 56.8 Å². The number of hydrogen-bond acceptors (Lipinski definition) is 3. The first-order chi connectivity index (χ1) is 10.4. The Morgan fingerprint density at radius 3 is 2.62 bits per heavy atom. The minimum absolute atomic E-state index is 0.602. The van der Waals surface area contributed by atoms with Crippen molar-refractivity contribution in [2.75, 3.05) is 31.1 Å². The largest absolute Gasteiger partial charge is 0.357 e. The van der Waals surface area contributed by atoms with Gasteiger partial charge < -0.3 is 4.90 Å². The maximum Gasteiger partial charge on any atom is 0.128 e. The van der Waals surface area contributed by atoms with Gasteiger partial charge in [0.25, 0.3) is 0 Å². The number of rotatable bonds is 5. The number of hydrogen-bond donors (Lipinski definition) is 0. The molecule has 2 aliphatic heterocycles. The van der Waals surface area contributed by atoms with E-state index in [1.807, 2.05) is 0 Å². The number of unbranched alkanes of at least 4 members (excludes halogenated alkanes) is 1. The van der Waals surface area contributed by atoms with Crippen molar-refractivity contribution in [1.82, 2.24) is 9.88 Å². The molecule has 0 bridgehead atoms. The van der Waals surface area contributed by atoms with Gasteiger partial charge in [-0.2, -0.15) is 0 Å². The van der Waals surface area contributed by atoms with Gasteiger partial charge in [-0.25, -0.2) is 4.98 Å². The van der Waals surface area contributed by atoms with Gasteiger partial charge in [-0.15, -0.1) is 0 Å². The highest BCUT2D eigenvalue weighted by Crippen LogP contribution is 2.31. The van der Waals surface area contributed by atoms with Crippen LogP contribution in [0.1, 0.15) is 63.5 Å². The number of nitrogens with zero attached hydrogens (tertiary/aromatic N) is 3. The van der Waals surface area contributed by atoms with Gasteiger partial charge in [0.15, 0.2) is 0 Å². The number of anilines is 1. The summed E-state index contributed by atoms with van der Waals surface area (Å²) >= 11 is 0. The Bertz CT molecular complexity index is 423. The van der Waals surface area contributed by atoms with Crippen molar-refractivity contribution in [1.29, 1.82) is 0 Å². The summed E-state index contributed by atoms with van der Waals surface area (Å²) in [6.07, 6.45) is 11.4. The lowest BCUT2D eigenvalue weighted by atomic mass is 9.96. The van der Waals surface area contributed by atoms with Crippen molar-refractivity contribution in [3.63, 3.8) is 0 Å². The third-order valence-corrected chi connectivity index (χ3v) is 5.00. The van der Waals surface area contributed by atoms with Crippen LogP contribution in [0.5, 0.6) is 0 Å². The van der Waals surface area contributed by atoms with E-state index in [-0.39, 0.29) is 0 Å². The van der Waals surface area contributed by atoms with Crippen LogP contribution in [-0.4, -0.2) is 36.1 Å². The quantitative estimate of drug-likeness (QED) is 0.815. The van der Waals surface area contributed by atoms with Crippen LogP contribution in [0.2, 0.25) is 0 Å². The fraction of sp³-hybridized carbons (Fsp3) is 0.722. The molecule has 0 aromatic carbocycles. The van der Waals surface area contributed by atoms with Gasteiger partial charge in [-0.3, -0.25) is 4.90 Å². The Kier molecular flexibility index (Phi) is 5.13. The van der Waals surface area contributed by atoms with Gasteiger partial charge in [0.1, 0.15) is 5.82 Å². The Morgan fingerprint density at radius 1 is 1.10 bits per heavy atom. The third kappa shape index (κ3) is 3.57. The fourth-order valence-corrected chi connectivity index (χ4v) is 3.73. The van der Waals surface area contributed by atoms with Crippen molar-refractivity contribution >= 4 is 5.82 Å². The molecule has 3 rings (SSSR count). The van der Waals surface area contributed by atoms with Gasteiger partial charge >= 0.3 is 0 Å². The lowest BCUT2D eigenvalue weighted by molar-refractivity contribution is 0.146. The van der Waals surface area contributed by atoms with Crippen molar-refractivity contribution in [2.45, 2.75) is 57.9 Å². The molecule has 3 heterocycles. The fourth-order valence-electron chi connectivity index (χ4n) is 3.73. The lowest BCUT2D eigenvalue weighted by Crippen LogP contribution is -2.34. The molecule has 0 N–H and O–H groups in total. The zero-order valence-corrected chi connectivity index (χ0v) is 13.4. The van der Waals surface area contributed by atoms with E-state index in [4.69, 9.17) is 4.98 Å². The predicted octanol–water partition coefficient (Wildman–Crippen LogP) is 4.01. The van der Waals surface area contributed by atoms with Crippen molar-refractivity contribution in [2.24, 2.45) is 0 Å². The number of aromatic nitrogens is 1. The summed E-state index contributed by atoms with van der Waals surface area (Å²) in [5, 5.41) is 0. The van der Waals surface area contributed by atoms with E-state index in [9.17, 15) is 0 Å². The van der Waals surface area contributed by atoms with Gasteiger partial charge in [0.2, 0.25) is 0 Å². The zero-order valence-electron chi connectivity index (χ0n) is 13.4. The molecule has 21 heavy (non-hydrogen) atoms.